The molecule has 0 fully saturated rings. The van der Waals surface area contributed by atoms with Gasteiger partial charge in [0.05, 0.1) is 11.2 Å². The third-order valence-corrected chi connectivity index (χ3v) is 11.8. The molecule has 9 aromatic rings. The topological polar surface area (TPSA) is 8.17 Å². The van der Waals surface area contributed by atoms with Crippen molar-refractivity contribution in [3.63, 3.8) is 0 Å². The highest BCUT2D eigenvalue weighted by Gasteiger charge is 2.28. The molecule has 0 spiro atoms. The molecule has 0 N–H and O–H groups in total. The first kappa shape index (κ1) is 35.6. The zero-order valence-corrected chi connectivity index (χ0v) is 33.9. The molecule has 0 aliphatic carbocycles. The first-order valence-electron chi connectivity index (χ1n) is 20.0. The van der Waals surface area contributed by atoms with Gasteiger partial charge in [-0.3, -0.25) is 0 Å². The fourth-order valence-electron chi connectivity index (χ4n) is 9.28. The lowest BCUT2D eigenvalue weighted by molar-refractivity contribution is 0.593. The number of hydrogen-bond acceptors (Lipinski definition) is 1. The number of nitrogens with zero attached hydrogens (tertiary/aromatic N) is 2. The molecule has 2 heteroatoms. The van der Waals surface area contributed by atoms with Crippen LogP contribution in [-0.2, 0) is 10.8 Å². The van der Waals surface area contributed by atoms with Gasteiger partial charge in [0.15, 0.2) is 0 Å². The molecule has 276 valence electrons. The van der Waals surface area contributed by atoms with Crippen molar-refractivity contribution >= 4 is 60.3 Å². The van der Waals surface area contributed by atoms with Gasteiger partial charge in [0.25, 0.3) is 0 Å². The minimum absolute atomic E-state index is 0.0263. The van der Waals surface area contributed by atoms with Crippen molar-refractivity contribution in [3.8, 4) is 16.8 Å². The normalized spacial score (nSPS) is 12.3. The van der Waals surface area contributed by atoms with Crippen LogP contribution in [0.4, 0.5) is 17.1 Å². The Kier molecular flexibility index (Phi) is 8.43. The monoisotopic (exact) mass is 726 g/mol. The van der Waals surface area contributed by atoms with Crippen LogP contribution >= 0.6 is 0 Å². The Balaban J connectivity index is 1.30. The van der Waals surface area contributed by atoms with E-state index >= 15 is 0 Å². The van der Waals surface area contributed by atoms with Gasteiger partial charge in [-0.15, -0.1) is 0 Å². The second kappa shape index (κ2) is 13.3. The van der Waals surface area contributed by atoms with Crippen molar-refractivity contribution in [1.82, 2.24) is 4.57 Å². The average Bonchev–Trinajstić information content (AvgIpc) is 3.46. The molecule has 8 aromatic carbocycles. The predicted molar refractivity (Wildman–Crippen MR) is 243 cm³/mol. The van der Waals surface area contributed by atoms with Gasteiger partial charge in [-0.25, -0.2) is 0 Å². The van der Waals surface area contributed by atoms with Crippen LogP contribution in [0.3, 0.4) is 0 Å². The van der Waals surface area contributed by atoms with Crippen molar-refractivity contribution in [3.05, 3.63) is 180 Å². The number of aromatic nitrogens is 1. The van der Waals surface area contributed by atoms with E-state index in [1.807, 2.05) is 0 Å². The molecule has 0 radical (unpaired) electrons. The maximum atomic E-state index is 2.52. The third kappa shape index (κ3) is 5.78. The number of aryl methyl sites for hydroxylation is 1. The van der Waals surface area contributed by atoms with Gasteiger partial charge in [-0.05, 0) is 117 Å². The summed E-state index contributed by atoms with van der Waals surface area (Å²) in [5, 5.41) is 9.14. The van der Waals surface area contributed by atoms with Crippen molar-refractivity contribution < 1.29 is 0 Å². The van der Waals surface area contributed by atoms with Crippen LogP contribution in [0.5, 0.6) is 0 Å². The molecule has 0 saturated carbocycles. The number of benzene rings is 8. The van der Waals surface area contributed by atoms with Crippen LogP contribution in [-0.4, -0.2) is 4.57 Å². The van der Waals surface area contributed by atoms with Gasteiger partial charge in [-0.2, -0.15) is 0 Å². The Morgan fingerprint density at radius 3 is 1.55 bits per heavy atom. The molecule has 1 aromatic heterocycles. The Morgan fingerprint density at radius 1 is 0.411 bits per heavy atom. The van der Waals surface area contributed by atoms with Crippen LogP contribution in [0.25, 0.3) is 60.0 Å². The van der Waals surface area contributed by atoms with E-state index in [0.29, 0.717) is 0 Å². The molecule has 0 aliphatic rings. The summed E-state index contributed by atoms with van der Waals surface area (Å²) in [6.45, 7) is 18.7. The molecule has 1 heterocycles. The predicted octanol–water partition coefficient (Wildman–Crippen LogP) is 15.4. The Labute approximate surface area is 331 Å². The number of para-hydroxylation sites is 1. The zero-order chi connectivity index (χ0) is 38.9. The zero-order valence-electron chi connectivity index (χ0n) is 33.9. The van der Waals surface area contributed by atoms with Crippen LogP contribution < -0.4 is 4.90 Å². The number of fused-ring (bicyclic) bond motifs is 5. The average molecular weight is 727 g/mol. The molecule has 9 rings (SSSR count). The van der Waals surface area contributed by atoms with Crippen molar-refractivity contribution in [2.24, 2.45) is 0 Å². The van der Waals surface area contributed by atoms with Crippen LogP contribution in [0.2, 0.25) is 0 Å². The van der Waals surface area contributed by atoms with Gasteiger partial charge in [-0.1, -0.05) is 157 Å². The Bertz CT molecular complexity index is 2920. The third-order valence-electron chi connectivity index (χ3n) is 11.8. The number of hydrogen-bond donors (Lipinski definition) is 0. The van der Waals surface area contributed by atoms with E-state index in [2.05, 4.69) is 223 Å². The summed E-state index contributed by atoms with van der Waals surface area (Å²) < 4.78 is 2.52. The highest BCUT2D eigenvalue weighted by atomic mass is 15.1. The molecule has 56 heavy (non-hydrogen) atoms. The quantitative estimate of drug-likeness (QED) is 0.160. The minimum atomic E-state index is -0.0571. The maximum absolute atomic E-state index is 2.52. The molecular weight excluding hydrogens is 677 g/mol. The standard InChI is InChI=1S/C54H50N2/c1-35-36(2)55(41-30-31-46-48(34-41)51(54(6,7)8)45-23-16-15-22-44(45)50(46)53(3,4)5)52-42(35)32-33-43-47(52)24-17-25-49(43)56(39-20-13-10-14-21-39)40-28-26-38(27-29-40)37-18-11-9-12-19-37/h9-34H,1-8H3. The van der Waals surface area contributed by atoms with Crippen LogP contribution in [0.15, 0.2) is 158 Å². The summed E-state index contributed by atoms with van der Waals surface area (Å²) in [7, 11) is 0. The Hall–Kier alpha value is -6.12. The first-order chi connectivity index (χ1) is 26.9. The van der Waals surface area contributed by atoms with Gasteiger partial charge < -0.3 is 9.47 Å². The summed E-state index contributed by atoms with van der Waals surface area (Å²) in [5.41, 5.74) is 13.6. The van der Waals surface area contributed by atoms with Crippen molar-refractivity contribution in [2.75, 3.05) is 4.90 Å². The Morgan fingerprint density at radius 2 is 0.911 bits per heavy atom. The molecule has 0 bridgehead atoms. The van der Waals surface area contributed by atoms with E-state index in [0.717, 1.165) is 17.1 Å². The molecule has 0 unspecified atom stereocenters. The van der Waals surface area contributed by atoms with E-state index in [9.17, 15) is 0 Å². The van der Waals surface area contributed by atoms with Gasteiger partial charge in [0.2, 0.25) is 0 Å². The van der Waals surface area contributed by atoms with Crippen LogP contribution in [0.1, 0.15) is 63.9 Å². The second-order valence-corrected chi connectivity index (χ2v) is 17.5. The molecule has 2 nitrogen and oxygen atoms in total. The van der Waals surface area contributed by atoms with E-state index in [1.54, 1.807) is 0 Å². The van der Waals surface area contributed by atoms with Crippen molar-refractivity contribution in [1.29, 1.82) is 0 Å². The summed E-state index contributed by atoms with van der Waals surface area (Å²) in [6, 6.07) is 58.1. The lowest BCUT2D eigenvalue weighted by Crippen LogP contribution is -2.17. The highest BCUT2D eigenvalue weighted by molar-refractivity contribution is 6.14. The number of rotatable bonds is 5. The lowest BCUT2D eigenvalue weighted by atomic mass is 9.74. The summed E-state index contributed by atoms with van der Waals surface area (Å²) >= 11 is 0. The summed E-state index contributed by atoms with van der Waals surface area (Å²) in [6.07, 6.45) is 0. The second-order valence-electron chi connectivity index (χ2n) is 17.5. The van der Waals surface area contributed by atoms with E-state index in [1.165, 1.54) is 82.4 Å². The molecular formula is C54H50N2. The molecule has 0 atom stereocenters. The highest BCUT2D eigenvalue weighted by Crippen LogP contribution is 2.46. The first-order valence-corrected chi connectivity index (χ1v) is 20.0. The molecule has 0 aliphatic heterocycles. The van der Waals surface area contributed by atoms with E-state index < -0.39 is 0 Å². The van der Waals surface area contributed by atoms with E-state index in [-0.39, 0.29) is 10.8 Å². The van der Waals surface area contributed by atoms with Gasteiger partial charge in [0, 0.05) is 38.9 Å². The fraction of sp³-hybridized carbons (Fsp3) is 0.185. The maximum Gasteiger partial charge on any atom is 0.0613 e. The molecule has 0 amide bonds. The fourth-order valence-corrected chi connectivity index (χ4v) is 9.28. The molecule has 0 saturated heterocycles. The van der Waals surface area contributed by atoms with Crippen LogP contribution in [0, 0.1) is 13.8 Å². The SMILES string of the molecule is Cc1c(C)n(-c2ccc3c(C(C)(C)C)c4ccccc4c(C(C)(C)C)c3c2)c2c1ccc1c(N(c3ccccc3)c3ccc(-c4ccccc4)cc3)cccc12. The summed E-state index contributed by atoms with van der Waals surface area (Å²) in [5.74, 6) is 0. The largest absolute Gasteiger partial charge is 0.313 e. The van der Waals surface area contributed by atoms with Crippen molar-refractivity contribution in [2.45, 2.75) is 66.2 Å². The summed E-state index contributed by atoms with van der Waals surface area (Å²) in [4.78, 5) is 2.40. The number of anilines is 3. The minimum Gasteiger partial charge on any atom is -0.313 e. The van der Waals surface area contributed by atoms with E-state index in [4.69, 9.17) is 0 Å². The smallest absolute Gasteiger partial charge is 0.0613 e. The lowest BCUT2D eigenvalue weighted by Gasteiger charge is -2.30. The van der Waals surface area contributed by atoms with Gasteiger partial charge in [0.1, 0.15) is 0 Å². The van der Waals surface area contributed by atoms with Gasteiger partial charge >= 0.3 is 0 Å².